The average Bonchev–Trinajstić information content (AvgIpc) is 2.59. The second kappa shape index (κ2) is 19.0. The summed E-state index contributed by atoms with van der Waals surface area (Å²) in [5, 5.41) is 5.14. The van der Waals surface area contributed by atoms with Crippen molar-refractivity contribution in [1.29, 1.82) is 0 Å². The maximum atomic E-state index is 11.7. The van der Waals surface area contributed by atoms with Crippen molar-refractivity contribution < 1.29 is 61.6 Å². The van der Waals surface area contributed by atoms with Gasteiger partial charge in [0.2, 0.25) is 0 Å². The van der Waals surface area contributed by atoms with Crippen molar-refractivity contribution in [1.82, 2.24) is 9.80 Å². The number of ether oxygens (including phenoxy) is 2. The minimum Gasteiger partial charge on any atom is -0.772 e. The van der Waals surface area contributed by atoms with Crippen LogP contribution in [0.5, 0.6) is 0 Å². The Balaban J connectivity index is -0.000000529. The maximum Gasteiger partial charge on any atom is 1.00 e. The van der Waals surface area contributed by atoms with E-state index in [0.29, 0.717) is 44.8 Å². The van der Waals surface area contributed by atoms with Gasteiger partial charge in [-0.3, -0.25) is 9.35 Å². The normalized spacial score (nSPS) is 12.9. The molecule has 0 rings (SSSR count). The fourth-order valence-corrected chi connectivity index (χ4v) is 2.96. The van der Waals surface area contributed by atoms with Crippen LogP contribution in [0.25, 0.3) is 0 Å². The molecule has 0 aliphatic carbocycles. The molecule has 0 aliphatic heterocycles. The van der Waals surface area contributed by atoms with Gasteiger partial charge in [-0.1, -0.05) is 11.1 Å². The van der Waals surface area contributed by atoms with Crippen molar-refractivity contribution in [2.24, 2.45) is 5.14 Å². The molecule has 0 aromatic rings. The van der Waals surface area contributed by atoms with Crippen molar-refractivity contribution in [3.8, 4) is 0 Å². The molecule has 0 bridgehead atoms. The van der Waals surface area contributed by atoms with Crippen LogP contribution in [0.3, 0.4) is 0 Å². The number of amides is 2. The summed E-state index contributed by atoms with van der Waals surface area (Å²) in [6, 6.07) is 0. The minimum absolute atomic E-state index is 0. The first kappa shape index (κ1) is 37.3. The SMILES string of the molecule is CCN(CCCS(=O)[O-])C(=O)OC(C)(C)C.CCN(CCCS(N)=O)C(=O)OC(C)(C)C.[Na+]. The van der Waals surface area contributed by atoms with E-state index in [4.69, 9.17) is 14.6 Å². The van der Waals surface area contributed by atoms with E-state index in [-0.39, 0.29) is 41.4 Å². The number of carbonyl (C=O) groups excluding carboxylic acids is 2. The third-order valence-corrected chi connectivity index (χ3v) is 4.89. The molecule has 0 spiro atoms. The second-order valence-electron chi connectivity index (χ2n) is 8.92. The predicted molar refractivity (Wildman–Crippen MR) is 127 cm³/mol. The Morgan fingerprint density at radius 3 is 1.39 bits per heavy atom. The van der Waals surface area contributed by atoms with Gasteiger partial charge in [0.1, 0.15) is 11.2 Å². The molecule has 10 nitrogen and oxygen atoms in total. The zero-order valence-corrected chi connectivity index (χ0v) is 25.4. The van der Waals surface area contributed by atoms with E-state index in [0.717, 1.165) is 0 Å². The van der Waals surface area contributed by atoms with Crippen LogP contribution in [0.2, 0.25) is 0 Å². The quantitative estimate of drug-likeness (QED) is 0.308. The number of nitrogens with zero attached hydrogens (tertiary/aromatic N) is 2. The van der Waals surface area contributed by atoms with Crippen LogP contribution in [0.15, 0.2) is 0 Å². The molecule has 33 heavy (non-hydrogen) atoms. The first-order chi connectivity index (χ1) is 14.5. The molecule has 0 saturated carbocycles. The Bertz CT molecular complexity index is 559. The van der Waals surface area contributed by atoms with Crippen LogP contribution in [0.4, 0.5) is 9.59 Å². The molecule has 13 heteroatoms. The van der Waals surface area contributed by atoms with Crippen molar-refractivity contribution in [2.75, 3.05) is 37.7 Å². The van der Waals surface area contributed by atoms with E-state index >= 15 is 0 Å². The molecule has 2 atom stereocenters. The summed E-state index contributed by atoms with van der Waals surface area (Å²) < 4.78 is 41.7. The molecule has 2 N–H and O–H groups in total. The van der Waals surface area contributed by atoms with E-state index < -0.39 is 39.4 Å². The zero-order valence-electron chi connectivity index (χ0n) is 21.8. The Morgan fingerprint density at radius 2 is 1.15 bits per heavy atom. The summed E-state index contributed by atoms with van der Waals surface area (Å²) in [6.45, 7) is 16.6. The van der Waals surface area contributed by atoms with Crippen molar-refractivity contribution >= 4 is 34.3 Å². The predicted octanol–water partition coefficient (Wildman–Crippen LogP) is -0.227. The minimum atomic E-state index is -2.05. The Kier molecular flexibility index (Phi) is 21.5. The number of nitrogens with two attached hydrogens (primary N) is 1. The van der Waals surface area contributed by atoms with Crippen LogP contribution in [-0.4, -0.2) is 83.8 Å². The monoisotopic (exact) mass is 523 g/mol. The summed E-state index contributed by atoms with van der Waals surface area (Å²) in [6.07, 6.45) is 0.323. The summed E-state index contributed by atoms with van der Waals surface area (Å²) in [7, 11) is -1.30. The average molecular weight is 524 g/mol. The maximum absolute atomic E-state index is 11.7. The van der Waals surface area contributed by atoms with Gasteiger partial charge in [0.05, 0.1) is 11.0 Å². The van der Waals surface area contributed by atoms with Gasteiger partial charge >= 0.3 is 41.7 Å². The van der Waals surface area contributed by atoms with Crippen LogP contribution in [-0.2, 0) is 31.5 Å². The fourth-order valence-electron chi connectivity index (χ4n) is 2.18. The van der Waals surface area contributed by atoms with Crippen molar-refractivity contribution in [3.63, 3.8) is 0 Å². The van der Waals surface area contributed by atoms with E-state index in [1.165, 1.54) is 4.90 Å². The van der Waals surface area contributed by atoms with Gasteiger partial charge in [-0.15, -0.1) is 0 Å². The molecule has 0 radical (unpaired) electrons. The Labute approximate surface area is 226 Å². The molecule has 192 valence electrons. The molecule has 2 unspecified atom stereocenters. The number of carbonyl (C=O) groups is 2. The topological polar surface area (TPSA) is 142 Å². The van der Waals surface area contributed by atoms with Gasteiger partial charge in [-0.2, -0.15) is 0 Å². The smallest absolute Gasteiger partial charge is 0.772 e. The fraction of sp³-hybridized carbons (Fsp3) is 0.900. The third kappa shape index (κ3) is 24.7. The van der Waals surface area contributed by atoms with Gasteiger partial charge in [0.15, 0.2) is 0 Å². The summed E-state index contributed by atoms with van der Waals surface area (Å²) in [5.41, 5.74) is -1.01. The van der Waals surface area contributed by atoms with Crippen molar-refractivity contribution in [3.05, 3.63) is 0 Å². The standard InChI is InChI=1S/C10H22N2O3S.C10H21NO4S.Na/c1-5-12(7-6-8-16(11)14)9(13)15-10(2,3)4;1-5-11(7-6-8-16(13)14)9(12)15-10(2,3)4;/h5-8,11H2,1-4H3;5-8H2,1-4H3,(H,13,14);/q;;+1/p-1. The van der Waals surface area contributed by atoms with E-state index in [9.17, 15) is 22.6 Å². The molecule has 0 fully saturated rings. The molecular weight excluding hydrogens is 481 g/mol. The number of rotatable bonds is 10. The summed E-state index contributed by atoms with van der Waals surface area (Å²) in [4.78, 5) is 26.4. The molecule has 0 aromatic heterocycles. The van der Waals surface area contributed by atoms with Crippen LogP contribution < -0.4 is 34.7 Å². The summed E-state index contributed by atoms with van der Waals surface area (Å²) in [5.74, 6) is 0.471. The van der Waals surface area contributed by atoms with Crippen molar-refractivity contribution in [2.45, 2.75) is 79.4 Å². The van der Waals surface area contributed by atoms with Gasteiger partial charge in [0.25, 0.3) is 0 Å². The third-order valence-electron chi connectivity index (χ3n) is 3.58. The molecule has 0 heterocycles. The van der Waals surface area contributed by atoms with E-state index in [1.54, 1.807) is 25.7 Å². The van der Waals surface area contributed by atoms with Gasteiger partial charge in [0, 0.05) is 37.7 Å². The zero-order chi connectivity index (χ0) is 25.5. The molecule has 2 amide bonds. The first-order valence-corrected chi connectivity index (χ1v) is 13.3. The Morgan fingerprint density at radius 1 is 0.818 bits per heavy atom. The molecule has 0 aliphatic rings. The first-order valence-electron chi connectivity index (χ1n) is 10.7. The molecule has 0 aromatic carbocycles. The molecular formula is C20H42N3NaO7S2. The van der Waals surface area contributed by atoms with Gasteiger partial charge < -0.3 is 23.8 Å². The molecule has 0 saturated heterocycles. The number of hydrogen-bond acceptors (Lipinski definition) is 7. The van der Waals surface area contributed by atoms with Crippen LogP contribution >= 0.6 is 0 Å². The van der Waals surface area contributed by atoms with Crippen LogP contribution in [0, 0.1) is 0 Å². The summed E-state index contributed by atoms with van der Waals surface area (Å²) >= 11 is -2.05. The second-order valence-corrected chi connectivity index (χ2v) is 11.1. The van der Waals surface area contributed by atoms with Gasteiger partial charge in [-0.05, 0) is 68.2 Å². The Hall–Kier alpha value is -0.240. The van der Waals surface area contributed by atoms with Gasteiger partial charge in [-0.25, -0.2) is 13.8 Å². The largest absolute Gasteiger partial charge is 1.00 e. The number of hydrogen-bond donors (Lipinski definition) is 1. The van der Waals surface area contributed by atoms with E-state index in [2.05, 4.69) is 0 Å². The van der Waals surface area contributed by atoms with Crippen LogP contribution in [0.1, 0.15) is 68.2 Å². The van der Waals surface area contributed by atoms with E-state index in [1.807, 2.05) is 34.6 Å².